The molecule has 2 atom stereocenters. The molecule has 0 aliphatic heterocycles. The molecule has 0 aromatic carbocycles. The Labute approximate surface area is 209 Å². The summed E-state index contributed by atoms with van der Waals surface area (Å²) in [6, 6.07) is 6.41. The molecule has 1 aliphatic carbocycles. The molecule has 5 nitrogen and oxygen atoms in total. The van der Waals surface area contributed by atoms with E-state index in [0.29, 0.717) is 11.1 Å². The van der Waals surface area contributed by atoms with Gasteiger partial charge in [0.2, 0.25) is 0 Å². The van der Waals surface area contributed by atoms with Gasteiger partial charge in [-0.25, -0.2) is 9.78 Å². The van der Waals surface area contributed by atoms with Crippen LogP contribution in [0.1, 0.15) is 41.4 Å². The number of pyridine rings is 1. The van der Waals surface area contributed by atoms with Crippen LogP contribution in [0, 0.1) is 3.57 Å². The largest absolute Gasteiger partial charge is 0.490 e. The third kappa shape index (κ3) is 6.25. The zero-order valence-corrected chi connectivity index (χ0v) is 21.1. The molecule has 12 heteroatoms. The molecule has 1 saturated carbocycles. The first-order valence-corrected chi connectivity index (χ1v) is 12.8. The zero-order valence-electron chi connectivity index (χ0n) is 16.6. The third-order valence-corrected chi connectivity index (χ3v) is 8.88. The first-order chi connectivity index (χ1) is 15.1. The fourth-order valence-electron chi connectivity index (χ4n) is 3.48. The lowest BCUT2D eigenvalue weighted by molar-refractivity contribution is -0.192. The second-order valence-corrected chi connectivity index (χ2v) is 10.8. The van der Waals surface area contributed by atoms with Crippen LogP contribution in [0.5, 0.6) is 0 Å². The molecule has 3 heterocycles. The number of nitrogens with zero attached hydrogens (tertiary/aromatic N) is 1. The minimum Gasteiger partial charge on any atom is -0.475 e. The van der Waals surface area contributed by atoms with Crippen LogP contribution < -0.4 is 11.1 Å². The molecule has 0 saturated heterocycles. The molecule has 174 valence electrons. The molecular formula is C20H20ClF3IN3O2S2. The summed E-state index contributed by atoms with van der Waals surface area (Å²) in [7, 11) is 0. The lowest BCUT2D eigenvalue weighted by Crippen LogP contribution is -2.31. The van der Waals surface area contributed by atoms with Gasteiger partial charge in [0.15, 0.2) is 0 Å². The number of nitrogens with two attached hydrogens (primary N) is 1. The third-order valence-electron chi connectivity index (χ3n) is 5.01. The minimum atomic E-state index is -5.08. The Hall–Kier alpha value is -1.15. The number of hydrogen-bond acceptors (Lipinski definition) is 6. The normalized spacial score (nSPS) is 18.8. The van der Waals surface area contributed by atoms with Crippen LogP contribution in [-0.2, 0) is 11.3 Å². The number of carboxylic acids is 1. The summed E-state index contributed by atoms with van der Waals surface area (Å²) in [5.74, 6) is -2.31. The number of thiophene rings is 2. The fourth-order valence-corrected chi connectivity index (χ4v) is 6.95. The highest BCUT2D eigenvalue weighted by Gasteiger charge is 2.38. The van der Waals surface area contributed by atoms with E-state index >= 15 is 0 Å². The van der Waals surface area contributed by atoms with Gasteiger partial charge in [0.25, 0.3) is 0 Å². The fraction of sp³-hybridized carbons (Fsp3) is 0.400. The van der Waals surface area contributed by atoms with Crippen molar-refractivity contribution in [3.05, 3.63) is 42.1 Å². The highest BCUT2D eigenvalue weighted by Crippen LogP contribution is 2.44. The van der Waals surface area contributed by atoms with Crippen molar-refractivity contribution in [2.75, 3.05) is 5.32 Å². The minimum absolute atomic E-state index is 0.258. The molecule has 1 fully saturated rings. The number of fused-ring (bicyclic) bond motifs is 1. The van der Waals surface area contributed by atoms with Gasteiger partial charge in [-0.3, -0.25) is 0 Å². The first-order valence-electron chi connectivity index (χ1n) is 9.68. The van der Waals surface area contributed by atoms with Gasteiger partial charge in [-0.1, -0.05) is 30.5 Å². The van der Waals surface area contributed by atoms with Crippen LogP contribution >= 0.6 is 56.9 Å². The molecule has 0 radical (unpaired) electrons. The second kappa shape index (κ2) is 10.9. The van der Waals surface area contributed by atoms with Crippen LogP contribution in [0.2, 0.25) is 5.15 Å². The van der Waals surface area contributed by atoms with Crippen LogP contribution in [0.4, 0.5) is 18.9 Å². The van der Waals surface area contributed by atoms with Crippen molar-refractivity contribution in [1.29, 1.82) is 0 Å². The van der Waals surface area contributed by atoms with E-state index in [1.54, 1.807) is 11.3 Å². The van der Waals surface area contributed by atoms with Crippen LogP contribution in [0.25, 0.3) is 10.2 Å². The van der Waals surface area contributed by atoms with Crippen molar-refractivity contribution in [3.63, 3.8) is 0 Å². The van der Waals surface area contributed by atoms with Crippen molar-refractivity contribution < 1.29 is 23.1 Å². The molecule has 3 aromatic rings. The Morgan fingerprint density at radius 3 is 2.66 bits per heavy atom. The van der Waals surface area contributed by atoms with E-state index < -0.39 is 12.1 Å². The maximum atomic E-state index is 10.6. The van der Waals surface area contributed by atoms with E-state index in [4.69, 9.17) is 27.2 Å². The predicted octanol–water partition coefficient (Wildman–Crippen LogP) is 6.85. The Kier molecular flexibility index (Phi) is 8.64. The number of carboxylic acid groups (broad SMARTS) is 1. The monoisotopic (exact) mass is 617 g/mol. The van der Waals surface area contributed by atoms with E-state index in [9.17, 15) is 13.2 Å². The average Bonchev–Trinajstić information content (AvgIpc) is 3.35. The van der Waals surface area contributed by atoms with Gasteiger partial charge >= 0.3 is 12.1 Å². The molecule has 4 rings (SSSR count). The Balaban J connectivity index is 0.000000360. The zero-order chi connectivity index (χ0) is 23.5. The maximum Gasteiger partial charge on any atom is 0.490 e. The SMILES string of the molecule is N[C@@H]1CCCC[C@H]1c1sc2c(NCc3cccs3)cc(Cl)nc2c1I.O=C(O)C(F)(F)F. The average molecular weight is 618 g/mol. The Bertz CT molecular complexity index is 1080. The molecule has 3 aromatic heterocycles. The van der Waals surface area contributed by atoms with E-state index in [-0.39, 0.29) is 6.04 Å². The van der Waals surface area contributed by atoms with Gasteiger partial charge in [-0.2, -0.15) is 13.2 Å². The highest BCUT2D eigenvalue weighted by molar-refractivity contribution is 14.1. The summed E-state index contributed by atoms with van der Waals surface area (Å²) in [5.41, 5.74) is 8.52. The number of rotatable bonds is 4. The summed E-state index contributed by atoms with van der Waals surface area (Å²) < 4.78 is 34.2. The van der Waals surface area contributed by atoms with E-state index in [1.807, 2.05) is 17.4 Å². The predicted molar refractivity (Wildman–Crippen MR) is 132 cm³/mol. The van der Waals surface area contributed by atoms with Gasteiger partial charge in [-0.05, 0) is 46.9 Å². The maximum absolute atomic E-state index is 10.6. The Morgan fingerprint density at radius 1 is 1.38 bits per heavy atom. The van der Waals surface area contributed by atoms with Crippen molar-refractivity contribution in [2.24, 2.45) is 5.73 Å². The summed E-state index contributed by atoms with van der Waals surface area (Å²) in [4.78, 5) is 16.2. The van der Waals surface area contributed by atoms with E-state index in [2.05, 4.69) is 50.4 Å². The molecule has 32 heavy (non-hydrogen) atoms. The molecule has 0 bridgehead atoms. The van der Waals surface area contributed by atoms with Crippen LogP contribution in [0.15, 0.2) is 23.6 Å². The van der Waals surface area contributed by atoms with Crippen LogP contribution in [-0.4, -0.2) is 28.3 Å². The highest BCUT2D eigenvalue weighted by atomic mass is 127. The number of aromatic nitrogens is 1. The Morgan fingerprint density at radius 2 is 2.06 bits per heavy atom. The quantitative estimate of drug-likeness (QED) is 0.220. The lowest BCUT2D eigenvalue weighted by Gasteiger charge is -2.28. The number of halogens is 5. The number of aliphatic carboxylic acids is 1. The van der Waals surface area contributed by atoms with Gasteiger partial charge in [0, 0.05) is 34.3 Å². The topological polar surface area (TPSA) is 88.2 Å². The standard InChI is InChI=1S/C18H19ClIN3S2.C2HF3O2/c19-14-8-13(22-9-10-4-3-7-24-10)18-16(23-14)15(20)17(25-18)11-5-1-2-6-12(11)21;3-2(4,5)1(6)7/h3-4,7-8,11-12H,1-2,5-6,9,21H2,(H,22,23);(H,6,7)/t11-,12-;/m1./s1. The van der Waals surface area contributed by atoms with E-state index in [1.165, 1.54) is 37.3 Å². The summed E-state index contributed by atoms with van der Waals surface area (Å²) >= 11 is 12.3. The summed E-state index contributed by atoms with van der Waals surface area (Å²) in [6.07, 6.45) is -0.278. The molecule has 0 unspecified atom stereocenters. The number of carbonyl (C=O) groups is 1. The second-order valence-electron chi connectivity index (χ2n) is 7.24. The number of alkyl halides is 3. The first kappa shape index (κ1) is 25.5. The smallest absolute Gasteiger partial charge is 0.475 e. The molecular weight excluding hydrogens is 598 g/mol. The van der Waals surface area contributed by atoms with Gasteiger partial charge in [0.05, 0.1) is 19.5 Å². The molecule has 4 N–H and O–H groups in total. The molecule has 0 spiro atoms. The molecule has 1 aliphatic rings. The summed E-state index contributed by atoms with van der Waals surface area (Å²) in [6.45, 7) is 0.805. The van der Waals surface area contributed by atoms with Crippen LogP contribution in [0.3, 0.4) is 0 Å². The van der Waals surface area contributed by atoms with Gasteiger partial charge < -0.3 is 16.2 Å². The van der Waals surface area contributed by atoms with Gasteiger partial charge in [-0.15, -0.1) is 22.7 Å². The summed E-state index contributed by atoms with van der Waals surface area (Å²) in [5, 5.41) is 13.3. The van der Waals surface area contributed by atoms with Gasteiger partial charge in [0.1, 0.15) is 5.15 Å². The van der Waals surface area contributed by atoms with Crippen molar-refractivity contribution >= 4 is 78.7 Å². The number of hydrogen-bond donors (Lipinski definition) is 3. The molecule has 0 amide bonds. The van der Waals surface area contributed by atoms with E-state index in [0.717, 1.165) is 24.2 Å². The number of anilines is 1. The number of nitrogens with one attached hydrogen (secondary N) is 1. The van der Waals surface area contributed by atoms with Crippen molar-refractivity contribution in [1.82, 2.24) is 4.98 Å². The van der Waals surface area contributed by atoms with Crippen molar-refractivity contribution in [2.45, 2.75) is 50.4 Å². The van der Waals surface area contributed by atoms with Crippen molar-refractivity contribution in [3.8, 4) is 0 Å². The lowest BCUT2D eigenvalue weighted by atomic mass is 9.84.